The van der Waals surface area contributed by atoms with E-state index in [-0.39, 0.29) is 0 Å². The van der Waals surface area contributed by atoms with Crippen LogP contribution in [0, 0.1) is 20.8 Å². The molecule has 0 saturated heterocycles. The quantitative estimate of drug-likeness (QED) is 0.915. The van der Waals surface area contributed by atoms with Crippen LogP contribution < -0.4 is 10.2 Å². The number of benzene rings is 1. The molecular formula is C15H20N4. The predicted molar refractivity (Wildman–Crippen MR) is 80.3 cm³/mol. The monoisotopic (exact) mass is 256 g/mol. The summed E-state index contributed by atoms with van der Waals surface area (Å²) < 4.78 is 0. The molecule has 0 aliphatic carbocycles. The molecule has 0 unspecified atom stereocenters. The van der Waals surface area contributed by atoms with Crippen molar-refractivity contribution in [2.45, 2.75) is 20.8 Å². The number of hydrogen-bond donors (Lipinski definition) is 1. The summed E-state index contributed by atoms with van der Waals surface area (Å²) in [7, 11) is 3.91. The minimum Gasteiger partial charge on any atom is -0.373 e. The number of aryl methyl sites for hydroxylation is 2. The van der Waals surface area contributed by atoms with Gasteiger partial charge < -0.3 is 10.2 Å². The molecule has 0 amide bonds. The summed E-state index contributed by atoms with van der Waals surface area (Å²) in [4.78, 5) is 11.1. The molecule has 1 heterocycles. The maximum absolute atomic E-state index is 4.56. The van der Waals surface area contributed by atoms with Gasteiger partial charge in [0, 0.05) is 25.3 Å². The van der Waals surface area contributed by atoms with Crippen molar-refractivity contribution in [1.82, 2.24) is 9.97 Å². The van der Waals surface area contributed by atoms with Crippen LogP contribution in [0.5, 0.6) is 0 Å². The van der Waals surface area contributed by atoms with Crippen LogP contribution in [-0.4, -0.2) is 24.1 Å². The van der Waals surface area contributed by atoms with E-state index in [0.717, 1.165) is 28.7 Å². The van der Waals surface area contributed by atoms with Gasteiger partial charge in [0.2, 0.25) is 0 Å². The average Bonchev–Trinajstić information content (AvgIpc) is 2.40. The molecule has 0 spiro atoms. The molecule has 2 rings (SSSR count). The Labute approximate surface area is 114 Å². The Bertz CT molecular complexity index is 593. The van der Waals surface area contributed by atoms with Crippen LogP contribution in [0.2, 0.25) is 0 Å². The van der Waals surface area contributed by atoms with E-state index in [9.17, 15) is 0 Å². The normalized spacial score (nSPS) is 10.4. The molecule has 2 aromatic rings. The zero-order valence-electron chi connectivity index (χ0n) is 12.2. The fourth-order valence-electron chi connectivity index (χ4n) is 2.14. The molecule has 1 N–H and O–H groups in total. The Morgan fingerprint density at radius 1 is 1.11 bits per heavy atom. The highest BCUT2D eigenvalue weighted by atomic mass is 15.2. The Balaban J connectivity index is 2.49. The maximum atomic E-state index is 4.56. The van der Waals surface area contributed by atoms with E-state index >= 15 is 0 Å². The van der Waals surface area contributed by atoms with Gasteiger partial charge in [0.05, 0.1) is 0 Å². The second kappa shape index (κ2) is 5.26. The lowest BCUT2D eigenvalue weighted by atomic mass is 10.2. The van der Waals surface area contributed by atoms with E-state index < -0.39 is 0 Å². The summed E-state index contributed by atoms with van der Waals surface area (Å²) in [5.41, 5.74) is 3.42. The van der Waals surface area contributed by atoms with Crippen LogP contribution in [0.4, 0.5) is 17.3 Å². The van der Waals surface area contributed by atoms with Gasteiger partial charge in [-0.2, -0.15) is 0 Å². The molecule has 100 valence electrons. The molecule has 0 radical (unpaired) electrons. The minimum atomic E-state index is 0.768. The van der Waals surface area contributed by atoms with Gasteiger partial charge in [-0.15, -0.1) is 0 Å². The van der Waals surface area contributed by atoms with E-state index in [1.807, 2.05) is 27.9 Å². The Kier molecular flexibility index (Phi) is 3.69. The first-order valence-corrected chi connectivity index (χ1v) is 6.36. The van der Waals surface area contributed by atoms with Crippen molar-refractivity contribution < 1.29 is 0 Å². The van der Waals surface area contributed by atoms with Crippen LogP contribution in [-0.2, 0) is 0 Å². The smallest absolute Gasteiger partial charge is 0.141 e. The number of nitrogens with zero attached hydrogens (tertiary/aromatic N) is 3. The summed E-state index contributed by atoms with van der Waals surface area (Å²) in [5, 5.41) is 3.12. The zero-order chi connectivity index (χ0) is 14.0. The topological polar surface area (TPSA) is 41.1 Å². The number of anilines is 3. The van der Waals surface area contributed by atoms with Crippen molar-refractivity contribution >= 4 is 17.3 Å². The summed E-state index contributed by atoms with van der Waals surface area (Å²) in [5.74, 6) is 2.58. The fourth-order valence-corrected chi connectivity index (χ4v) is 2.14. The Hall–Kier alpha value is -2.10. The van der Waals surface area contributed by atoms with Crippen molar-refractivity contribution in [3.63, 3.8) is 0 Å². The lowest BCUT2D eigenvalue weighted by molar-refractivity contribution is 0.992. The molecule has 4 heteroatoms. The van der Waals surface area contributed by atoms with Gasteiger partial charge in [0.25, 0.3) is 0 Å². The SMILES string of the molecule is CNc1nc(C)nc(N(C)c2cccc(C)c2)c1C. The summed E-state index contributed by atoms with van der Waals surface area (Å²) >= 11 is 0. The molecule has 0 fully saturated rings. The molecule has 0 aliphatic rings. The highest BCUT2D eigenvalue weighted by molar-refractivity contribution is 5.67. The highest BCUT2D eigenvalue weighted by Crippen LogP contribution is 2.28. The van der Waals surface area contributed by atoms with Crippen LogP contribution in [0.1, 0.15) is 17.0 Å². The van der Waals surface area contributed by atoms with Gasteiger partial charge in [-0.05, 0) is 38.5 Å². The van der Waals surface area contributed by atoms with E-state index in [2.05, 4.69) is 51.4 Å². The first-order valence-electron chi connectivity index (χ1n) is 6.36. The van der Waals surface area contributed by atoms with Gasteiger partial charge in [-0.3, -0.25) is 0 Å². The van der Waals surface area contributed by atoms with Crippen molar-refractivity contribution in [3.8, 4) is 0 Å². The minimum absolute atomic E-state index is 0.768. The standard InChI is InChI=1S/C15H20N4/c1-10-7-6-8-13(9-10)19(5)15-11(2)14(16-4)17-12(3)18-15/h6-9H,1-5H3,(H,16,17,18). The van der Waals surface area contributed by atoms with E-state index in [1.54, 1.807) is 0 Å². The van der Waals surface area contributed by atoms with Crippen molar-refractivity contribution in [2.75, 3.05) is 24.3 Å². The average molecular weight is 256 g/mol. The molecule has 1 aromatic heterocycles. The van der Waals surface area contributed by atoms with Gasteiger partial charge in [-0.25, -0.2) is 9.97 Å². The largest absolute Gasteiger partial charge is 0.373 e. The Morgan fingerprint density at radius 2 is 1.84 bits per heavy atom. The van der Waals surface area contributed by atoms with Crippen LogP contribution in [0.15, 0.2) is 24.3 Å². The number of rotatable bonds is 3. The third kappa shape index (κ3) is 2.67. The second-order valence-electron chi connectivity index (χ2n) is 4.72. The number of hydrogen-bond acceptors (Lipinski definition) is 4. The zero-order valence-corrected chi connectivity index (χ0v) is 12.2. The van der Waals surface area contributed by atoms with Gasteiger partial charge in [0.1, 0.15) is 17.5 Å². The van der Waals surface area contributed by atoms with E-state index in [4.69, 9.17) is 0 Å². The number of nitrogens with one attached hydrogen (secondary N) is 1. The Morgan fingerprint density at radius 3 is 2.47 bits per heavy atom. The van der Waals surface area contributed by atoms with Gasteiger partial charge in [0.15, 0.2) is 0 Å². The molecule has 4 nitrogen and oxygen atoms in total. The lowest BCUT2D eigenvalue weighted by Crippen LogP contribution is -2.15. The first-order chi connectivity index (χ1) is 9.02. The molecule has 0 bridgehead atoms. The predicted octanol–water partition coefficient (Wildman–Crippen LogP) is 3.21. The molecule has 0 aliphatic heterocycles. The van der Waals surface area contributed by atoms with Crippen molar-refractivity contribution in [3.05, 3.63) is 41.2 Å². The third-order valence-electron chi connectivity index (χ3n) is 3.18. The van der Waals surface area contributed by atoms with Crippen molar-refractivity contribution in [2.24, 2.45) is 0 Å². The van der Waals surface area contributed by atoms with Crippen LogP contribution in [0.25, 0.3) is 0 Å². The summed E-state index contributed by atoms with van der Waals surface area (Å²) in [6.45, 7) is 6.04. The van der Waals surface area contributed by atoms with E-state index in [1.165, 1.54) is 5.56 Å². The third-order valence-corrected chi connectivity index (χ3v) is 3.18. The summed E-state index contributed by atoms with van der Waals surface area (Å²) in [6, 6.07) is 8.39. The summed E-state index contributed by atoms with van der Waals surface area (Å²) in [6.07, 6.45) is 0. The molecule has 0 atom stereocenters. The molecule has 0 saturated carbocycles. The molecule has 19 heavy (non-hydrogen) atoms. The fraction of sp³-hybridized carbons (Fsp3) is 0.333. The molecular weight excluding hydrogens is 236 g/mol. The van der Waals surface area contributed by atoms with Crippen molar-refractivity contribution in [1.29, 1.82) is 0 Å². The van der Waals surface area contributed by atoms with Gasteiger partial charge >= 0.3 is 0 Å². The van der Waals surface area contributed by atoms with Gasteiger partial charge in [-0.1, -0.05) is 12.1 Å². The second-order valence-corrected chi connectivity index (χ2v) is 4.72. The number of aromatic nitrogens is 2. The lowest BCUT2D eigenvalue weighted by Gasteiger charge is -2.22. The van der Waals surface area contributed by atoms with E-state index in [0.29, 0.717) is 0 Å². The molecule has 1 aromatic carbocycles. The highest BCUT2D eigenvalue weighted by Gasteiger charge is 2.13. The first kappa shape index (κ1) is 13.3. The van der Waals surface area contributed by atoms with Crippen LogP contribution >= 0.6 is 0 Å². The maximum Gasteiger partial charge on any atom is 0.141 e. The van der Waals surface area contributed by atoms with Crippen LogP contribution in [0.3, 0.4) is 0 Å².